The molecular weight excluding hydrogens is 264 g/mol. The van der Waals surface area contributed by atoms with E-state index in [2.05, 4.69) is 25.2 Å². The third-order valence-electron chi connectivity index (χ3n) is 4.19. The van der Waals surface area contributed by atoms with Gasteiger partial charge in [-0.1, -0.05) is 19.1 Å². The quantitative estimate of drug-likeness (QED) is 0.750. The lowest BCUT2D eigenvalue weighted by atomic mass is 9.87. The predicted molar refractivity (Wildman–Crippen MR) is 84.1 cm³/mol. The molecule has 2 unspecified atom stereocenters. The Labute approximate surface area is 126 Å². The maximum atomic E-state index is 10.9. The van der Waals surface area contributed by atoms with Gasteiger partial charge in [0, 0.05) is 5.56 Å². The first kappa shape index (κ1) is 15.4. The molecule has 1 aliphatic carbocycles. The molecule has 0 bridgehead atoms. The van der Waals surface area contributed by atoms with Crippen molar-refractivity contribution in [1.29, 1.82) is 0 Å². The van der Waals surface area contributed by atoms with Crippen LogP contribution in [0.1, 0.15) is 40.8 Å². The van der Waals surface area contributed by atoms with Crippen LogP contribution in [-0.2, 0) is 4.74 Å². The number of carbonyl (C=O) groups excluding carboxylic acids is 1. The second-order valence-corrected chi connectivity index (χ2v) is 5.49. The molecule has 112 valence electrons. The zero-order chi connectivity index (χ0) is 15.4. The first-order chi connectivity index (χ1) is 10.1. The molecule has 1 aromatic rings. The van der Waals surface area contributed by atoms with E-state index in [1.165, 1.54) is 0 Å². The number of furan rings is 1. The van der Waals surface area contributed by atoms with Gasteiger partial charge in [0.05, 0.1) is 7.11 Å². The highest BCUT2D eigenvalue weighted by molar-refractivity contribution is 5.75. The van der Waals surface area contributed by atoms with Crippen LogP contribution in [0.3, 0.4) is 0 Å². The van der Waals surface area contributed by atoms with E-state index in [1.807, 2.05) is 26.0 Å². The zero-order valence-electron chi connectivity index (χ0n) is 13.1. The first-order valence-electron chi connectivity index (χ1n) is 7.22. The molecule has 1 aliphatic rings. The molecule has 0 aliphatic heterocycles. The van der Waals surface area contributed by atoms with Crippen molar-refractivity contribution in [2.24, 2.45) is 11.8 Å². The molecule has 2 rings (SSSR count). The minimum atomic E-state index is 0.389. The molecule has 0 aromatic carbocycles. The maximum Gasteiger partial charge on any atom is 0.185 e. The van der Waals surface area contributed by atoms with Crippen molar-refractivity contribution in [1.82, 2.24) is 0 Å². The Kier molecular flexibility index (Phi) is 4.84. The largest absolute Gasteiger partial charge is 0.497 e. The summed E-state index contributed by atoms with van der Waals surface area (Å²) in [5.74, 6) is 2.97. The summed E-state index contributed by atoms with van der Waals surface area (Å²) in [6, 6.07) is 0. The number of hydrogen-bond acceptors (Lipinski definition) is 3. The Balaban J connectivity index is 2.06. The van der Waals surface area contributed by atoms with E-state index in [0.29, 0.717) is 17.6 Å². The number of methoxy groups -OCH3 is 1. The Morgan fingerprint density at radius 1 is 1.33 bits per heavy atom. The lowest BCUT2D eigenvalue weighted by molar-refractivity contribution is 0.109. The van der Waals surface area contributed by atoms with Crippen LogP contribution in [0, 0.1) is 25.7 Å². The number of hydrogen-bond donors (Lipinski definition) is 0. The van der Waals surface area contributed by atoms with E-state index in [4.69, 9.17) is 9.15 Å². The number of aldehydes is 1. The molecule has 0 saturated carbocycles. The summed E-state index contributed by atoms with van der Waals surface area (Å²) in [4.78, 5) is 10.9. The van der Waals surface area contributed by atoms with Crippen LogP contribution in [0.25, 0.3) is 6.08 Å². The normalized spacial score (nSPS) is 19.6. The van der Waals surface area contributed by atoms with Gasteiger partial charge in [0.15, 0.2) is 12.0 Å². The number of carbonyl (C=O) groups is 1. The second-order valence-electron chi connectivity index (χ2n) is 5.49. The van der Waals surface area contributed by atoms with E-state index in [9.17, 15) is 4.79 Å². The van der Waals surface area contributed by atoms with Gasteiger partial charge in [-0.2, -0.15) is 0 Å². The highest BCUT2D eigenvalue weighted by atomic mass is 16.5. The molecule has 0 saturated heterocycles. The fourth-order valence-electron chi connectivity index (χ4n) is 2.45. The van der Waals surface area contributed by atoms with Gasteiger partial charge in [0.2, 0.25) is 0 Å². The van der Waals surface area contributed by atoms with Crippen LogP contribution in [0.5, 0.6) is 0 Å². The minimum absolute atomic E-state index is 0.389. The molecule has 0 radical (unpaired) electrons. The van der Waals surface area contributed by atoms with Gasteiger partial charge < -0.3 is 9.15 Å². The fourth-order valence-corrected chi connectivity index (χ4v) is 2.45. The van der Waals surface area contributed by atoms with Crippen molar-refractivity contribution >= 4 is 12.4 Å². The van der Waals surface area contributed by atoms with Gasteiger partial charge >= 0.3 is 0 Å². The van der Waals surface area contributed by atoms with Crippen LogP contribution < -0.4 is 0 Å². The number of ether oxygens (including phenoxy) is 1. The van der Waals surface area contributed by atoms with Crippen LogP contribution in [0.2, 0.25) is 0 Å². The van der Waals surface area contributed by atoms with E-state index in [0.717, 1.165) is 35.4 Å². The van der Waals surface area contributed by atoms with Crippen molar-refractivity contribution in [3.05, 3.63) is 52.7 Å². The monoisotopic (exact) mass is 286 g/mol. The molecule has 3 nitrogen and oxygen atoms in total. The molecule has 1 aromatic heterocycles. The van der Waals surface area contributed by atoms with Gasteiger partial charge in [0.1, 0.15) is 11.5 Å². The lowest BCUT2D eigenvalue weighted by Crippen LogP contribution is -2.09. The van der Waals surface area contributed by atoms with Crippen molar-refractivity contribution in [3.63, 3.8) is 0 Å². The van der Waals surface area contributed by atoms with Gasteiger partial charge in [-0.15, -0.1) is 0 Å². The maximum absolute atomic E-state index is 10.9. The third kappa shape index (κ3) is 3.35. The van der Waals surface area contributed by atoms with Crippen molar-refractivity contribution in [2.75, 3.05) is 7.11 Å². The molecule has 2 atom stereocenters. The summed E-state index contributed by atoms with van der Waals surface area (Å²) < 4.78 is 10.8. The highest BCUT2D eigenvalue weighted by Crippen LogP contribution is 2.27. The fraction of sp³-hybridized carbons (Fsp3) is 0.389. The molecular formula is C18H22O3. The summed E-state index contributed by atoms with van der Waals surface area (Å²) in [6.07, 6.45) is 12.2. The summed E-state index contributed by atoms with van der Waals surface area (Å²) in [6.45, 7) is 6.07. The molecule has 3 heteroatoms. The molecule has 0 amide bonds. The Bertz CT molecular complexity index is 602. The van der Waals surface area contributed by atoms with Gasteiger partial charge in [-0.05, 0) is 55.9 Å². The Morgan fingerprint density at radius 2 is 2.05 bits per heavy atom. The van der Waals surface area contributed by atoms with Gasteiger partial charge in [-0.25, -0.2) is 0 Å². The minimum Gasteiger partial charge on any atom is -0.497 e. The van der Waals surface area contributed by atoms with Gasteiger partial charge in [0.25, 0.3) is 0 Å². The molecule has 0 spiro atoms. The average Bonchev–Trinajstić information content (AvgIpc) is 2.80. The predicted octanol–water partition coefficient (Wildman–Crippen LogP) is 4.46. The molecule has 21 heavy (non-hydrogen) atoms. The summed E-state index contributed by atoms with van der Waals surface area (Å²) in [5.41, 5.74) is 1.95. The highest BCUT2D eigenvalue weighted by Gasteiger charge is 2.15. The summed E-state index contributed by atoms with van der Waals surface area (Å²) >= 11 is 0. The SMILES string of the molecule is COC1=CCC(C(C)/C=C\c2oc(C=O)c(C)c2C)C=C1. The zero-order valence-corrected chi connectivity index (χ0v) is 13.1. The van der Waals surface area contributed by atoms with Crippen molar-refractivity contribution < 1.29 is 13.9 Å². The third-order valence-corrected chi connectivity index (χ3v) is 4.19. The van der Waals surface area contributed by atoms with Crippen LogP contribution in [0.4, 0.5) is 0 Å². The van der Waals surface area contributed by atoms with E-state index >= 15 is 0 Å². The summed E-state index contributed by atoms with van der Waals surface area (Å²) in [7, 11) is 1.69. The molecule has 0 N–H and O–H groups in total. The standard InChI is InChI=1S/C18H22O3/c1-12(15-6-8-16(20-4)9-7-15)5-10-17-13(2)14(3)18(11-19)21-17/h5-6,8-12,15H,7H2,1-4H3/b10-5-. The van der Waals surface area contributed by atoms with E-state index in [-0.39, 0.29) is 0 Å². The van der Waals surface area contributed by atoms with E-state index < -0.39 is 0 Å². The number of allylic oxidation sites excluding steroid dienone is 4. The Morgan fingerprint density at radius 3 is 2.57 bits per heavy atom. The Hall–Kier alpha value is -2.03. The van der Waals surface area contributed by atoms with Crippen molar-refractivity contribution in [3.8, 4) is 0 Å². The molecule has 0 fully saturated rings. The average molecular weight is 286 g/mol. The topological polar surface area (TPSA) is 39.4 Å². The van der Waals surface area contributed by atoms with E-state index in [1.54, 1.807) is 7.11 Å². The van der Waals surface area contributed by atoms with Crippen LogP contribution in [0.15, 0.2) is 34.5 Å². The van der Waals surface area contributed by atoms with Gasteiger partial charge in [-0.3, -0.25) is 4.79 Å². The lowest BCUT2D eigenvalue weighted by Gasteiger charge is -2.19. The smallest absolute Gasteiger partial charge is 0.185 e. The summed E-state index contributed by atoms with van der Waals surface area (Å²) in [5, 5.41) is 0. The molecule has 1 heterocycles. The second kappa shape index (κ2) is 6.61. The van der Waals surface area contributed by atoms with Crippen LogP contribution >= 0.6 is 0 Å². The van der Waals surface area contributed by atoms with Crippen LogP contribution in [-0.4, -0.2) is 13.4 Å². The first-order valence-corrected chi connectivity index (χ1v) is 7.22. The number of rotatable bonds is 5. The van der Waals surface area contributed by atoms with Crippen molar-refractivity contribution in [2.45, 2.75) is 27.2 Å².